The zero-order valence-corrected chi connectivity index (χ0v) is 17.5. The highest BCUT2D eigenvalue weighted by Gasteiger charge is 2.26. The van der Waals surface area contributed by atoms with E-state index in [2.05, 4.69) is 10.3 Å². The van der Waals surface area contributed by atoms with Gasteiger partial charge < -0.3 is 30.6 Å². The first-order chi connectivity index (χ1) is 14.9. The van der Waals surface area contributed by atoms with Crippen molar-refractivity contribution < 1.29 is 35.5 Å². The highest BCUT2D eigenvalue weighted by atomic mass is 16.6. The fourth-order valence-corrected chi connectivity index (χ4v) is 2.91. The van der Waals surface area contributed by atoms with Gasteiger partial charge in [-0.2, -0.15) is 0 Å². The molecule has 2 rings (SSSR count). The molecule has 10 nitrogen and oxygen atoms in total. The Bertz CT molecular complexity index is 999. The number of aromatic nitrogens is 1. The first-order valence-corrected chi connectivity index (χ1v) is 9.70. The second-order valence-corrected chi connectivity index (χ2v) is 8.02. The van der Waals surface area contributed by atoms with Crippen LogP contribution < -0.4 is 10.6 Å². The molecular formula is C21H27N3O7. The van der Waals surface area contributed by atoms with Crippen molar-refractivity contribution in [3.05, 3.63) is 36.0 Å². The van der Waals surface area contributed by atoms with Gasteiger partial charge in [0.05, 0.1) is 0 Å². The maximum atomic E-state index is 12.3. The Morgan fingerprint density at radius 3 is 2.39 bits per heavy atom. The number of alkyl carbamates (subject to hydrolysis) is 1. The Hall–Kier alpha value is -3.56. The number of rotatable bonds is 9. The molecule has 2 aromatic rings. The van der Waals surface area contributed by atoms with Crippen LogP contribution in [-0.2, 0) is 25.5 Å². The molecular weight excluding hydrogens is 406 g/mol. The van der Waals surface area contributed by atoms with E-state index in [1.165, 1.54) is 0 Å². The van der Waals surface area contributed by atoms with Crippen molar-refractivity contribution in [1.29, 1.82) is 0 Å². The first kappa shape index (κ1) is 22.1. The van der Waals surface area contributed by atoms with E-state index in [0.717, 1.165) is 10.9 Å². The van der Waals surface area contributed by atoms with E-state index >= 15 is 0 Å². The summed E-state index contributed by atoms with van der Waals surface area (Å²) in [6, 6.07) is 4.47. The smallest absolute Gasteiger partial charge is 0.408 e. The highest BCUT2D eigenvalue weighted by molar-refractivity contribution is 5.87. The normalized spacial score (nSPS) is 13.7. The predicted octanol–water partition coefficient (Wildman–Crippen LogP) is 2.04. The van der Waals surface area contributed by atoms with Gasteiger partial charge in [0.2, 0.25) is 5.91 Å². The maximum Gasteiger partial charge on any atom is 0.408 e. The molecule has 10 heteroatoms. The Labute approximate surface area is 180 Å². The topological polar surface area (TPSA) is 158 Å². The van der Waals surface area contributed by atoms with Crippen molar-refractivity contribution in [2.24, 2.45) is 0 Å². The highest BCUT2D eigenvalue weighted by Crippen LogP contribution is 2.19. The molecule has 1 aromatic carbocycles. The summed E-state index contributed by atoms with van der Waals surface area (Å²) >= 11 is 0. The van der Waals surface area contributed by atoms with E-state index in [-0.39, 0.29) is 18.2 Å². The van der Waals surface area contributed by atoms with Crippen molar-refractivity contribution in [1.82, 2.24) is 15.6 Å². The van der Waals surface area contributed by atoms with Crippen LogP contribution >= 0.6 is 0 Å². The van der Waals surface area contributed by atoms with Crippen LogP contribution in [0, 0.1) is 0 Å². The molecule has 0 aliphatic heterocycles. The molecule has 0 bridgehead atoms. The molecule has 5 N–H and O–H groups in total. The summed E-state index contributed by atoms with van der Waals surface area (Å²) in [4.78, 5) is 50.5. The standard InChI is InChI=1S/C21H27N3O7/c1-21(2,3)31-20(30)24-15(18(26)27)8-9-17(25)23-16(19(28)29)10-12-11-22-14-7-5-4-6-13(12)14/h4-7,11,15-16,22H,8-10H2,1-3H3,(H,23,25)(H,24,30)(H,26,27)(H,28,29)/t15-,16+/m1/s1/i/hD. The van der Waals surface area contributed by atoms with Crippen LogP contribution in [0.25, 0.3) is 10.9 Å². The predicted molar refractivity (Wildman–Crippen MR) is 112 cm³/mol. The van der Waals surface area contributed by atoms with Crippen LogP contribution in [-0.4, -0.2) is 56.8 Å². The zero-order chi connectivity index (χ0) is 24.1. The third kappa shape index (κ3) is 7.32. The number of benzene rings is 1. The van der Waals surface area contributed by atoms with E-state index in [9.17, 15) is 29.4 Å². The van der Waals surface area contributed by atoms with Gasteiger partial charge in [0.15, 0.2) is 1.41 Å². The van der Waals surface area contributed by atoms with Crippen molar-refractivity contribution in [3.63, 3.8) is 0 Å². The zero-order valence-electron chi connectivity index (χ0n) is 18.5. The van der Waals surface area contributed by atoms with Crippen molar-refractivity contribution in [2.45, 2.75) is 57.7 Å². The number of amides is 2. The number of ether oxygens (including phenoxy) is 1. The minimum atomic E-state index is -1.63. The molecule has 0 unspecified atom stereocenters. The number of H-pyrrole nitrogens is 1. The lowest BCUT2D eigenvalue weighted by atomic mass is 10.0. The van der Waals surface area contributed by atoms with Crippen LogP contribution in [0.5, 0.6) is 0 Å². The van der Waals surface area contributed by atoms with Crippen molar-refractivity contribution >= 4 is 34.8 Å². The molecule has 0 fully saturated rings. The number of para-hydroxylation sites is 1. The van der Waals surface area contributed by atoms with Crippen LogP contribution in [0.3, 0.4) is 0 Å². The maximum absolute atomic E-state index is 12.3. The van der Waals surface area contributed by atoms with Gasteiger partial charge in [-0.25, -0.2) is 14.4 Å². The second-order valence-electron chi connectivity index (χ2n) is 8.02. The van der Waals surface area contributed by atoms with E-state index < -0.39 is 48.0 Å². The SMILES string of the molecule is [2H]N(C(=O)OC(C)(C)C)[C@H](CCC(=O)N[C@@H](Cc1c[nH]c2ccccc12)C(=O)O)C(=O)O. The summed E-state index contributed by atoms with van der Waals surface area (Å²) in [5.41, 5.74) is 0.618. The molecule has 1 heterocycles. The molecule has 31 heavy (non-hydrogen) atoms. The summed E-state index contributed by atoms with van der Waals surface area (Å²) in [6.07, 6.45) is -0.244. The number of aromatic amines is 1. The molecule has 0 radical (unpaired) electrons. The fourth-order valence-electron chi connectivity index (χ4n) is 2.91. The number of carbonyl (C=O) groups is 4. The third-order valence-electron chi connectivity index (χ3n) is 4.32. The van der Waals surface area contributed by atoms with Crippen LogP contribution in [0.2, 0.25) is 1.41 Å². The molecule has 168 valence electrons. The Kier molecular flexibility index (Phi) is 7.11. The minimum Gasteiger partial charge on any atom is -0.480 e. The summed E-state index contributed by atoms with van der Waals surface area (Å²) < 4.78 is 12.7. The molecule has 1 aromatic heterocycles. The van der Waals surface area contributed by atoms with Crippen molar-refractivity contribution in [3.8, 4) is 0 Å². The Morgan fingerprint density at radius 2 is 1.77 bits per heavy atom. The third-order valence-corrected chi connectivity index (χ3v) is 4.32. The molecule has 2 amide bonds. The van der Waals surface area contributed by atoms with Gasteiger partial charge in [0, 0.05) is 29.9 Å². The first-order valence-electron chi connectivity index (χ1n) is 10.1. The second kappa shape index (κ2) is 9.96. The van der Waals surface area contributed by atoms with Crippen LogP contribution in [0.15, 0.2) is 30.5 Å². The van der Waals surface area contributed by atoms with Gasteiger partial charge in [0.1, 0.15) is 17.7 Å². The van der Waals surface area contributed by atoms with E-state index in [1.807, 2.05) is 24.3 Å². The number of hydrogen-bond acceptors (Lipinski definition) is 5. The molecule has 0 saturated heterocycles. The number of carboxylic acid groups (broad SMARTS) is 2. The quantitative estimate of drug-likeness (QED) is 0.404. The van der Waals surface area contributed by atoms with E-state index in [0.29, 0.717) is 5.56 Å². The minimum absolute atomic E-state index is 0.0237. The molecule has 0 aliphatic rings. The number of aliphatic carboxylic acids is 2. The van der Waals surface area contributed by atoms with E-state index in [4.69, 9.17) is 6.15 Å². The van der Waals surface area contributed by atoms with Gasteiger partial charge in [-0.15, -0.1) is 0 Å². The Morgan fingerprint density at radius 1 is 1.13 bits per heavy atom. The Balaban J connectivity index is 2.00. The summed E-state index contributed by atoms with van der Waals surface area (Å²) in [6.45, 7) is 4.71. The average molecular weight is 434 g/mol. The number of carboxylic acids is 2. The van der Waals surface area contributed by atoms with E-state index in [1.54, 1.807) is 27.0 Å². The molecule has 0 aliphatic carbocycles. The number of fused-ring (bicyclic) bond motifs is 1. The van der Waals surface area contributed by atoms with Gasteiger partial charge in [-0.1, -0.05) is 18.2 Å². The lowest BCUT2D eigenvalue weighted by Gasteiger charge is -2.22. The van der Waals surface area contributed by atoms with Crippen LogP contribution in [0.4, 0.5) is 4.79 Å². The van der Waals surface area contributed by atoms with Gasteiger partial charge in [-0.3, -0.25) is 4.79 Å². The molecule has 0 spiro atoms. The van der Waals surface area contributed by atoms with Crippen molar-refractivity contribution in [2.75, 3.05) is 0 Å². The van der Waals surface area contributed by atoms with Crippen LogP contribution in [0.1, 0.15) is 39.2 Å². The van der Waals surface area contributed by atoms with Gasteiger partial charge in [-0.05, 0) is 38.8 Å². The lowest BCUT2D eigenvalue weighted by Crippen LogP contribution is -2.45. The summed E-state index contributed by atoms with van der Waals surface area (Å²) in [5, 5.41) is 22.2. The summed E-state index contributed by atoms with van der Waals surface area (Å²) in [5.74, 6) is -3.43. The largest absolute Gasteiger partial charge is 0.480 e. The number of nitrogens with one attached hydrogen (secondary N) is 3. The monoisotopic (exact) mass is 434 g/mol. The average Bonchev–Trinajstić information content (AvgIpc) is 3.08. The summed E-state index contributed by atoms with van der Waals surface area (Å²) in [7, 11) is 0. The lowest BCUT2D eigenvalue weighted by molar-refractivity contribution is -0.142. The fraction of sp³-hybridized carbons (Fsp3) is 0.429. The number of hydrogen-bond donors (Lipinski definition) is 5. The van der Waals surface area contributed by atoms with Gasteiger partial charge >= 0.3 is 18.0 Å². The molecule has 2 atom stereocenters. The molecule has 0 saturated carbocycles. The number of carbonyl (C=O) groups excluding carboxylic acids is 2. The van der Waals surface area contributed by atoms with Gasteiger partial charge in [0.25, 0.3) is 0 Å².